The lowest BCUT2D eigenvalue weighted by atomic mass is 10.0. The Kier molecular flexibility index (Phi) is 4.45. The van der Waals surface area contributed by atoms with E-state index in [1.807, 2.05) is 17.6 Å². The highest BCUT2D eigenvalue weighted by atomic mass is 32.1. The van der Waals surface area contributed by atoms with Crippen molar-refractivity contribution in [1.29, 1.82) is 0 Å². The van der Waals surface area contributed by atoms with Crippen LogP contribution in [0.25, 0.3) is 10.2 Å². The maximum atomic E-state index is 6.04. The molecule has 4 rings (SSSR count). The van der Waals surface area contributed by atoms with E-state index in [4.69, 9.17) is 4.74 Å². The number of pyridine rings is 1. The summed E-state index contributed by atoms with van der Waals surface area (Å²) < 4.78 is 7.30. The second kappa shape index (κ2) is 6.87. The largest absolute Gasteiger partial charge is 0.489 e. The number of thiazole rings is 1. The monoisotopic (exact) mass is 339 g/mol. The van der Waals surface area contributed by atoms with E-state index < -0.39 is 0 Å². The van der Waals surface area contributed by atoms with Gasteiger partial charge < -0.3 is 4.74 Å². The molecule has 1 fully saturated rings. The first-order valence-electron chi connectivity index (χ1n) is 8.43. The molecule has 1 aliphatic rings. The molecule has 1 atom stereocenters. The standard InChI is InChI=1S/C19H21N3OS/c1-14(15-4-5-19-18(11-15)21-13-24-19)22-9-6-16(7-10-22)23-17-3-2-8-20-12-17/h2-5,8,11-14,16H,6-7,9-10H2,1H3/t14-/m1/s1. The van der Waals surface area contributed by atoms with Crippen molar-refractivity contribution in [3.8, 4) is 5.75 Å². The Morgan fingerprint density at radius 3 is 2.92 bits per heavy atom. The molecule has 0 radical (unpaired) electrons. The molecule has 1 saturated heterocycles. The van der Waals surface area contributed by atoms with Gasteiger partial charge in [0.25, 0.3) is 0 Å². The number of aromatic nitrogens is 2. The van der Waals surface area contributed by atoms with Crippen LogP contribution in [0.2, 0.25) is 0 Å². The number of ether oxygens (including phenoxy) is 1. The summed E-state index contributed by atoms with van der Waals surface area (Å²) >= 11 is 1.70. The van der Waals surface area contributed by atoms with Crippen LogP contribution < -0.4 is 4.74 Å². The lowest BCUT2D eigenvalue weighted by Crippen LogP contribution is -2.39. The summed E-state index contributed by atoms with van der Waals surface area (Å²) in [6.45, 7) is 4.40. The summed E-state index contributed by atoms with van der Waals surface area (Å²) in [7, 11) is 0. The molecular formula is C19H21N3OS. The fourth-order valence-electron chi connectivity index (χ4n) is 3.34. The Bertz CT molecular complexity index is 796. The number of nitrogens with zero attached hydrogens (tertiary/aromatic N) is 3. The van der Waals surface area contributed by atoms with E-state index in [-0.39, 0.29) is 0 Å². The van der Waals surface area contributed by atoms with Crippen LogP contribution in [0.4, 0.5) is 0 Å². The summed E-state index contributed by atoms with van der Waals surface area (Å²) in [5.74, 6) is 0.873. The van der Waals surface area contributed by atoms with Gasteiger partial charge >= 0.3 is 0 Å². The van der Waals surface area contributed by atoms with Gasteiger partial charge in [0, 0.05) is 25.3 Å². The van der Waals surface area contributed by atoms with Gasteiger partial charge in [0.2, 0.25) is 0 Å². The molecule has 0 unspecified atom stereocenters. The van der Waals surface area contributed by atoms with Crippen LogP contribution in [0.15, 0.2) is 48.2 Å². The Hall–Kier alpha value is -1.98. The average Bonchev–Trinajstić information content (AvgIpc) is 3.10. The fourth-order valence-corrected chi connectivity index (χ4v) is 3.99. The lowest BCUT2D eigenvalue weighted by Gasteiger charge is -2.36. The van der Waals surface area contributed by atoms with Crippen molar-refractivity contribution in [3.63, 3.8) is 0 Å². The van der Waals surface area contributed by atoms with Gasteiger partial charge in [-0.2, -0.15) is 0 Å². The van der Waals surface area contributed by atoms with Crippen molar-refractivity contribution >= 4 is 21.6 Å². The summed E-state index contributed by atoms with van der Waals surface area (Å²) in [5, 5.41) is 0. The molecule has 3 heterocycles. The predicted molar refractivity (Wildman–Crippen MR) is 97.5 cm³/mol. The van der Waals surface area contributed by atoms with Gasteiger partial charge in [-0.15, -0.1) is 11.3 Å². The molecule has 5 heteroatoms. The van der Waals surface area contributed by atoms with E-state index in [1.54, 1.807) is 23.7 Å². The molecule has 0 aliphatic carbocycles. The maximum Gasteiger partial charge on any atom is 0.137 e. The van der Waals surface area contributed by atoms with E-state index in [2.05, 4.69) is 40.0 Å². The summed E-state index contributed by atoms with van der Waals surface area (Å²) in [5.41, 5.74) is 4.37. The second-order valence-corrected chi connectivity index (χ2v) is 7.18. The molecular weight excluding hydrogens is 318 g/mol. The smallest absolute Gasteiger partial charge is 0.137 e. The molecule has 2 aromatic heterocycles. The number of benzene rings is 1. The van der Waals surface area contributed by atoms with Crippen molar-refractivity contribution in [2.75, 3.05) is 13.1 Å². The highest BCUT2D eigenvalue weighted by Crippen LogP contribution is 2.28. The van der Waals surface area contributed by atoms with Crippen molar-refractivity contribution in [1.82, 2.24) is 14.9 Å². The second-order valence-electron chi connectivity index (χ2n) is 6.30. The number of piperidine rings is 1. The highest BCUT2D eigenvalue weighted by molar-refractivity contribution is 7.16. The molecule has 0 N–H and O–H groups in total. The SMILES string of the molecule is C[C@H](c1ccc2scnc2c1)N1CCC(Oc2cccnc2)CC1. The van der Waals surface area contributed by atoms with Gasteiger partial charge in [0.15, 0.2) is 0 Å². The zero-order valence-electron chi connectivity index (χ0n) is 13.8. The van der Waals surface area contributed by atoms with Crippen LogP contribution in [0.5, 0.6) is 5.75 Å². The number of rotatable bonds is 4. The van der Waals surface area contributed by atoms with Crippen LogP contribution in [-0.2, 0) is 0 Å². The Morgan fingerprint density at radius 1 is 1.25 bits per heavy atom. The fraction of sp³-hybridized carbons (Fsp3) is 0.368. The normalized spacial score (nSPS) is 17.9. The maximum absolute atomic E-state index is 6.04. The van der Waals surface area contributed by atoms with E-state index in [9.17, 15) is 0 Å². The summed E-state index contributed by atoms with van der Waals surface area (Å²) in [4.78, 5) is 11.1. The van der Waals surface area contributed by atoms with Crippen LogP contribution in [0.3, 0.4) is 0 Å². The molecule has 0 spiro atoms. The Labute approximate surface area is 146 Å². The van der Waals surface area contributed by atoms with E-state index in [1.165, 1.54) is 10.3 Å². The molecule has 1 aliphatic heterocycles. The number of hydrogen-bond acceptors (Lipinski definition) is 5. The highest BCUT2D eigenvalue weighted by Gasteiger charge is 2.24. The number of hydrogen-bond donors (Lipinski definition) is 0. The predicted octanol–water partition coefficient (Wildman–Crippen LogP) is 4.30. The van der Waals surface area contributed by atoms with Crippen LogP contribution in [0.1, 0.15) is 31.4 Å². The van der Waals surface area contributed by atoms with Gasteiger partial charge in [-0.1, -0.05) is 6.07 Å². The third-order valence-corrected chi connectivity index (χ3v) is 5.61. The summed E-state index contributed by atoms with van der Waals surface area (Å²) in [6.07, 6.45) is 5.96. The molecule has 4 nitrogen and oxygen atoms in total. The minimum atomic E-state index is 0.290. The molecule has 0 saturated carbocycles. The molecule has 3 aromatic rings. The minimum Gasteiger partial charge on any atom is -0.489 e. The van der Waals surface area contributed by atoms with Crippen LogP contribution in [-0.4, -0.2) is 34.1 Å². The van der Waals surface area contributed by atoms with Crippen molar-refractivity contribution in [2.45, 2.75) is 31.9 Å². The van der Waals surface area contributed by atoms with Gasteiger partial charge in [0.1, 0.15) is 11.9 Å². The number of fused-ring (bicyclic) bond motifs is 1. The van der Waals surface area contributed by atoms with Gasteiger partial charge in [-0.05, 0) is 49.6 Å². The van der Waals surface area contributed by atoms with Crippen molar-refractivity contribution in [2.24, 2.45) is 0 Å². The lowest BCUT2D eigenvalue weighted by molar-refractivity contribution is 0.0795. The van der Waals surface area contributed by atoms with Gasteiger partial charge in [0.05, 0.1) is 21.9 Å². The van der Waals surface area contributed by atoms with E-state index in [0.29, 0.717) is 12.1 Å². The zero-order chi connectivity index (χ0) is 16.4. The van der Waals surface area contributed by atoms with Crippen LogP contribution in [0, 0.1) is 0 Å². The van der Waals surface area contributed by atoms with Crippen LogP contribution >= 0.6 is 11.3 Å². The third-order valence-electron chi connectivity index (χ3n) is 4.80. The molecule has 1 aromatic carbocycles. The van der Waals surface area contributed by atoms with Gasteiger partial charge in [-0.3, -0.25) is 9.88 Å². The molecule has 0 amide bonds. The molecule has 0 bridgehead atoms. The summed E-state index contributed by atoms with van der Waals surface area (Å²) in [6, 6.07) is 11.0. The van der Waals surface area contributed by atoms with Crippen molar-refractivity contribution < 1.29 is 4.74 Å². The topological polar surface area (TPSA) is 38.2 Å². The Balaban J connectivity index is 1.38. The first-order valence-corrected chi connectivity index (χ1v) is 9.31. The first-order chi connectivity index (χ1) is 11.8. The minimum absolute atomic E-state index is 0.290. The third kappa shape index (κ3) is 3.28. The Morgan fingerprint density at radius 2 is 2.12 bits per heavy atom. The van der Waals surface area contributed by atoms with E-state index >= 15 is 0 Å². The van der Waals surface area contributed by atoms with Crippen molar-refractivity contribution in [3.05, 3.63) is 53.8 Å². The number of likely N-dealkylation sites (tertiary alicyclic amines) is 1. The zero-order valence-corrected chi connectivity index (χ0v) is 14.6. The van der Waals surface area contributed by atoms with Gasteiger partial charge in [-0.25, -0.2) is 4.98 Å². The first kappa shape index (κ1) is 15.5. The quantitative estimate of drug-likeness (QED) is 0.710. The molecule has 124 valence electrons. The van der Waals surface area contributed by atoms with E-state index in [0.717, 1.165) is 37.2 Å². The molecule has 24 heavy (non-hydrogen) atoms. The average molecular weight is 339 g/mol.